The van der Waals surface area contributed by atoms with E-state index in [0.717, 1.165) is 37.6 Å². The summed E-state index contributed by atoms with van der Waals surface area (Å²) in [5.41, 5.74) is 1.75. The molecule has 6 nitrogen and oxygen atoms in total. The van der Waals surface area contributed by atoms with Crippen LogP contribution in [0.25, 0.3) is 0 Å². The third-order valence-electron chi connectivity index (χ3n) is 5.59. The predicted octanol–water partition coefficient (Wildman–Crippen LogP) is 3.49. The zero-order valence-electron chi connectivity index (χ0n) is 17.7. The highest BCUT2D eigenvalue weighted by Crippen LogP contribution is 2.17. The fourth-order valence-electron chi connectivity index (χ4n) is 3.74. The molecule has 1 amide bonds. The number of halogens is 1. The van der Waals surface area contributed by atoms with Crippen LogP contribution in [-0.2, 0) is 20.2 Å². The highest BCUT2D eigenvalue weighted by Gasteiger charge is 2.20. The first-order chi connectivity index (χ1) is 15.1. The van der Waals surface area contributed by atoms with Gasteiger partial charge in [-0.05, 0) is 48.4 Å². The van der Waals surface area contributed by atoms with E-state index in [2.05, 4.69) is 22.0 Å². The van der Waals surface area contributed by atoms with Crippen LogP contribution in [-0.4, -0.2) is 51.4 Å². The van der Waals surface area contributed by atoms with Crippen molar-refractivity contribution in [3.05, 3.63) is 83.7 Å². The highest BCUT2D eigenvalue weighted by molar-refractivity contribution is 5.94. The molecule has 1 aliphatic heterocycles. The molecule has 2 heterocycles. The van der Waals surface area contributed by atoms with Gasteiger partial charge in [0, 0.05) is 57.7 Å². The summed E-state index contributed by atoms with van der Waals surface area (Å²) in [4.78, 5) is 21.2. The van der Waals surface area contributed by atoms with Gasteiger partial charge >= 0.3 is 0 Å². The number of amides is 1. The van der Waals surface area contributed by atoms with Crippen LogP contribution < -0.4 is 4.74 Å². The van der Waals surface area contributed by atoms with E-state index in [1.807, 2.05) is 34.8 Å². The molecule has 1 fully saturated rings. The van der Waals surface area contributed by atoms with E-state index >= 15 is 0 Å². The van der Waals surface area contributed by atoms with E-state index in [-0.39, 0.29) is 11.7 Å². The second kappa shape index (κ2) is 9.75. The molecule has 3 aromatic rings. The fourth-order valence-corrected chi connectivity index (χ4v) is 3.74. The van der Waals surface area contributed by atoms with Gasteiger partial charge in [0.2, 0.25) is 0 Å². The van der Waals surface area contributed by atoms with Crippen molar-refractivity contribution in [2.75, 3.05) is 26.2 Å². The Morgan fingerprint density at radius 2 is 1.81 bits per heavy atom. The Labute approximate surface area is 181 Å². The maximum Gasteiger partial charge on any atom is 0.253 e. The van der Waals surface area contributed by atoms with Gasteiger partial charge in [-0.3, -0.25) is 9.69 Å². The van der Waals surface area contributed by atoms with Crippen LogP contribution in [0.1, 0.15) is 28.2 Å². The van der Waals surface area contributed by atoms with Gasteiger partial charge in [-0.1, -0.05) is 12.1 Å². The molecule has 0 bridgehead atoms. The number of aromatic nitrogens is 2. The third kappa shape index (κ3) is 5.49. The molecule has 162 valence electrons. The van der Waals surface area contributed by atoms with E-state index in [9.17, 15) is 9.18 Å². The Kier molecular flexibility index (Phi) is 6.62. The molecule has 0 aliphatic carbocycles. The molecular weight excluding hydrogens is 395 g/mol. The molecule has 1 saturated heterocycles. The van der Waals surface area contributed by atoms with Crippen LogP contribution in [0.3, 0.4) is 0 Å². The summed E-state index contributed by atoms with van der Waals surface area (Å²) in [5.74, 6) is 1.34. The van der Waals surface area contributed by atoms with Gasteiger partial charge in [-0.15, -0.1) is 0 Å². The van der Waals surface area contributed by atoms with E-state index in [1.165, 1.54) is 17.7 Å². The maximum absolute atomic E-state index is 13.1. The number of benzene rings is 2. The number of carbonyl (C=O) groups is 1. The predicted molar refractivity (Wildman–Crippen MR) is 116 cm³/mol. The number of hydrogen-bond acceptors (Lipinski definition) is 4. The Balaban J connectivity index is 1.28. The molecule has 0 atom stereocenters. The normalized spacial score (nSPS) is 15.0. The van der Waals surface area contributed by atoms with Crippen LogP contribution >= 0.6 is 0 Å². The summed E-state index contributed by atoms with van der Waals surface area (Å²) in [6.45, 7) is 4.40. The number of hydrogen-bond donors (Lipinski definition) is 0. The molecule has 4 rings (SSSR count). The van der Waals surface area contributed by atoms with Gasteiger partial charge in [0.25, 0.3) is 5.91 Å². The zero-order valence-corrected chi connectivity index (χ0v) is 17.7. The number of aryl methyl sites for hydroxylation is 1. The minimum absolute atomic E-state index is 0.0314. The van der Waals surface area contributed by atoms with Crippen LogP contribution in [0, 0.1) is 5.82 Å². The maximum atomic E-state index is 13.1. The van der Waals surface area contributed by atoms with Crippen molar-refractivity contribution < 1.29 is 13.9 Å². The van der Waals surface area contributed by atoms with Crippen LogP contribution in [0.15, 0.2) is 60.9 Å². The summed E-state index contributed by atoms with van der Waals surface area (Å²) >= 11 is 0. The SMILES string of the molecule is Cn1ccnc1COc1ccc(CN2CCCN(C(=O)c3ccc(F)cc3)CC2)cc1. The largest absolute Gasteiger partial charge is 0.486 e. The molecular formula is C24H27FN4O2. The summed E-state index contributed by atoms with van der Waals surface area (Å²) < 4.78 is 20.9. The van der Waals surface area contributed by atoms with Gasteiger partial charge < -0.3 is 14.2 Å². The monoisotopic (exact) mass is 422 g/mol. The van der Waals surface area contributed by atoms with Crippen molar-refractivity contribution in [1.82, 2.24) is 19.4 Å². The average Bonchev–Trinajstić information content (AvgIpc) is 3.05. The Bertz CT molecular complexity index is 1000. The molecule has 0 radical (unpaired) electrons. The minimum atomic E-state index is -0.327. The minimum Gasteiger partial charge on any atom is -0.486 e. The highest BCUT2D eigenvalue weighted by atomic mass is 19.1. The standard InChI is InChI=1S/C24H27FN4O2/c1-27-14-11-26-23(27)18-31-22-9-3-19(4-10-22)17-28-12-2-13-29(16-15-28)24(30)20-5-7-21(25)8-6-20/h3-11,14H,2,12-13,15-18H2,1H3. The van der Waals surface area contributed by atoms with E-state index in [4.69, 9.17) is 4.74 Å². The van der Waals surface area contributed by atoms with Crippen LogP contribution in [0.5, 0.6) is 5.75 Å². The first-order valence-corrected chi connectivity index (χ1v) is 10.5. The van der Waals surface area contributed by atoms with Crippen molar-refractivity contribution >= 4 is 5.91 Å². The quantitative estimate of drug-likeness (QED) is 0.610. The van der Waals surface area contributed by atoms with Crippen molar-refractivity contribution in [2.45, 2.75) is 19.6 Å². The lowest BCUT2D eigenvalue weighted by Gasteiger charge is -2.22. The number of nitrogens with zero attached hydrogens (tertiary/aromatic N) is 4. The molecule has 0 saturated carbocycles. The molecule has 1 aromatic heterocycles. The van der Waals surface area contributed by atoms with Crippen molar-refractivity contribution in [3.63, 3.8) is 0 Å². The Morgan fingerprint density at radius 3 is 2.52 bits per heavy atom. The topological polar surface area (TPSA) is 50.6 Å². The van der Waals surface area contributed by atoms with Crippen LogP contribution in [0.2, 0.25) is 0 Å². The first kappa shape index (κ1) is 21.1. The molecule has 2 aromatic carbocycles. The van der Waals surface area contributed by atoms with Gasteiger partial charge in [-0.25, -0.2) is 9.37 Å². The van der Waals surface area contributed by atoms with Gasteiger partial charge in [0.15, 0.2) is 0 Å². The molecule has 0 spiro atoms. The van der Waals surface area contributed by atoms with Crippen molar-refractivity contribution in [1.29, 1.82) is 0 Å². The Hall–Kier alpha value is -3.19. The summed E-state index contributed by atoms with van der Waals surface area (Å²) in [6.07, 6.45) is 4.58. The first-order valence-electron chi connectivity index (χ1n) is 10.5. The zero-order chi connectivity index (χ0) is 21.6. The number of ether oxygens (including phenoxy) is 1. The van der Waals surface area contributed by atoms with E-state index < -0.39 is 0 Å². The lowest BCUT2D eigenvalue weighted by Crippen LogP contribution is -2.35. The van der Waals surface area contributed by atoms with Gasteiger partial charge in [-0.2, -0.15) is 0 Å². The molecule has 0 unspecified atom stereocenters. The fraction of sp³-hybridized carbons (Fsp3) is 0.333. The lowest BCUT2D eigenvalue weighted by molar-refractivity contribution is 0.0761. The van der Waals surface area contributed by atoms with Gasteiger partial charge in [0.1, 0.15) is 24.0 Å². The molecule has 31 heavy (non-hydrogen) atoms. The van der Waals surface area contributed by atoms with E-state index in [1.54, 1.807) is 18.3 Å². The average molecular weight is 423 g/mol. The Morgan fingerprint density at radius 1 is 1.03 bits per heavy atom. The van der Waals surface area contributed by atoms with Crippen LogP contribution in [0.4, 0.5) is 4.39 Å². The van der Waals surface area contributed by atoms with E-state index in [0.29, 0.717) is 25.3 Å². The van der Waals surface area contributed by atoms with Gasteiger partial charge in [0.05, 0.1) is 0 Å². The van der Waals surface area contributed by atoms with Crippen molar-refractivity contribution in [2.24, 2.45) is 7.05 Å². The number of imidazole rings is 1. The second-order valence-corrected chi connectivity index (χ2v) is 7.82. The molecule has 0 N–H and O–H groups in total. The molecule has 7 heteroatoms. The smallest absolute Gasteiger partial charge is 0.253 e. The molecule has 1 aliphatic rings. The summed E-state index contributed by atoms with van der Waals surface area (Å²) in [5, 5.41) is 0. The lowest BCUT2D eigenvalue weighted by atomic mass is 10.2. The second-order valence-electron chi connectivity index (χ2n) is 7.82. The van der Waals surface area contributed by atoms with Crippen molar-refractivity contribution in [3.8, 4) is 5.75 Å². The number of rotatable bonds is 6. The summed E-state index contributed by atoms with van der Waals surface area (Å²) in [7, 11) is 1.95. The summed E-state index contributed by atoms with van der Waals surface area (Å²) in [6, 6.07) is 13.9. The third-order valence-corrected chi connectivity index (χ3v) is 5.59. The number of carbonyl (C=O) groups excluding carboxylic acids is 1.